The lowest BCUT2D eigenvalue weighted by Gasteiger charge is -2.19. The molecule has 5 rings (SSSR count). The molecule has 2 amide bonds. The number of anilines is 4. The number of aromatic nitrogens is 7. The van der Waals surface area contributed by atoms with Crippen LogP contribution in [0.5, 0.6) is 0 Å². The Labute approximate surface area is 356 Å². The lowest BCUT2D eigenvalue weighted by Crippen LogP contribution is -2.27. The zero-order valence-electron chi connectivity index (χ0n) is 34.3. The van der Waals surface area contributed by atoms with E-state index in [4.69, 9.17) is 28.2 Å². The van der Waals surface area contributed by atoms with Crippen molar-refractivity contribution >= 4 is 53.6 Å². The van der Waals surface area contributed by atoms with Gasteiger partial charge in [-0.1, -0.05) is 59.6 Å². The van der Waals surface area contributed by atoms with Gasteiger partial charge in [0.1, 0.15) is 18.7 Å². The Morgan fingerprint density at radius 2 is 1.48 bits per heavy atom. The number of amides is 2. The molecule has 60 heavy (non-hydrogen) atoms. The quantitative estimate of drug-likeness (QED) is 0.0202. The van der Waals surface area contributed by atoms with E-state index in [1.165, 1.54) is 4.57 Å². The Balaban J connectivity index is 0.000000325. The summed E-state index contributed by atoms with van der Waals surface area (Å²) in [5, 5.41) is 16.7. The van der Waals surface area contributed by atoms with Gasteiger partial charge in [-0.15, -0.1) is 29.8 Å². The summed E-state index contributed by atoms with van der Waals surface area (Å²) in [6.45, 7) is 5.41. The fourth-order valence-electron chi connectivity index (χ4n) is 5.25. The number of carbonyl (C=O) groups excluding carboxylic acids is 3. The number of benzene rings is 2. The number of nitrogens with zero attached hydrogens (tertiary/aromatic N) is 9. The van der Waals surface area contributed by atoms with Crippen molar-refractivity contribution in [3.05, 3.63) is 107 Å². The number of hydrogen-bond acceptors (Lipinski definition) is 11. The molecule has 0 radical (unpaired) electrons. The number of halogens is 1. The van der Waals surface area contributed by atoms with Crippen molar-refractivity contribution in [2.75, 3.05) is 28.6 Å². The van der Waals surface area contributed by atoms with Crippen molar-refractivity contribution < 1.29 is 19.1 Å². The third-order valence-corrected chi connectivity index (χ3v) is 7.94. The van der Waals surface area contributed by atoms with Gasteiger partial charge in [-0.05, 0) is 95.5 Å². The standard InChI is InChI=1S/C18H23N7O.C15H23N3O2.C8H8N4O.ClH/c19-18-20-11-15(22-18)9-5-2-6-10-16-12-25(24-23-16)13-17(26)21-14-7-3-1-4-8-14;1-5-6-7-8-9-10-12-11-18(13(16)17-12)14(19)20-15(2,3)4;9-12-10-6-8(13)11-7-4-2-1-3-5-7;/h1,3-4,7-8,11-12H,2,5-6,9-10,13H2,(H,21,26)(H3,19,20,22);1,11H,6-10H2,2-4H3,(H2,16,17);1-5H,6H2,(H,11,13);1H. The molecule has 0 unspecified atom stereocenters. The average Bonchev–Trinajstić information content (AvgIpc) is 3.94. The number of ether oxygens (including phenoxy) is 1. The Morgan fingerprint density at radius 3 is 2.07 bits per heavy atom. The molecule has 2 aromatic carbocycles. The SMILES string of the molecule is C#CCCCCCc1cn(C(=O)OC(C)(C)C)c(N)n1.Cl.Nc1ncc(CCCCCc2cn(CC(=O)Nc3ccccc3)nn2)[nH]1.[N-]=[N+]=NCC(=O)Nc1ccccc1. The van der Waals surface area contributed by atoms with Crippen molar-refractivity contribution in [3.8, 4) is 12.3 Å². The molecule has 7 N–H and O–H groups in total. The Hall–Kier alpha value is -6.83. The second-order valence-electron chi connectivity index (χ2n) is 14.2. The van der Waals surface area contributed by atoms with E-state index in [0.717, 1.165) is 87.0 Å². The third-order valence-electron chi connectivity index (χ3n) is 7.94. The number of nitrogens with two attached hydrogens (primary N) is 2. The highest BCUT2D eigenvalue weighted by Gasteiger charge is 2.20. The molecule has 0 atom stereocenters. The highest BCUT2D eigenvalue weighted by molar-refractivity contribution is 5.92. The lowest BCUT2D eigenvalue weighted by molar-refractivity contribution is -0.117. The first-order valence-corrected chi connectivity index (χ1v) is 19.2. The fourth-order valence-corrected chi connectivity index (χ4v) is 5.25. The molecule has 0 aliphatic heterocycles. The van der Waals surface area contributed by atoms with Crippen molar-refractivity contribution in [1.29, 1.82) is 0 Å². The van der Waals surface area contributed by atoms with Crippen LogP contribution in [0.1, 0.15) is 82.8 Å². The number of aromatic amines is 1. The summed E-state index contributed by atoms with van der Waals surface area (Å²) < 4.78 is 8.08. The van der Waals surface area contributed by atoms with E-state index in [0.29, 0.717) is 11.6 Å². The molecule has 5 aromatic rings. The maximum atomic E-state index is 12.0. The molecule has 18 nitrogen and oxygen atoms in total. The number of terminal acetylenes is 1. The lowest BCUT2D eigenvalue weighted by atomic mass is 10.1. The zero-order valence-corrected chi connectivity index (χ0v) is 35.1. The van der Waals surface area contributed by atoms with Crippen LogP contribution in [0.3, 0.4) is 0 Å². The molecule has 0 fully saturated rings. The zero-order chi connectivity index (χ0) is 42.9. The number of carbonyl (C=O) groups is 3. The van der Waals surface area contributed by atoms with Crippen LogP contribution >= 0.6 is 12.4 Å². The van der Waals surface area contributed by atoms with E-state index in [1.54, 1.807) is 29.2 Å². The van der Waals surface area contributed by atoms with Gasteiger partial charge in [-0.25, -0.2) is 24.0 Å². The van der Waals surface area contributed by atoms with E-state index in [1.807, 2.05) is 75.5 Å². The molecule has 3 heterocycles. The van der Waals surface area contributed by atoms with Crippen molar-refractivity contribution in [3.63, 3.8) is 0 Å². The summed E-state index contributed by atoms with van der Waals surface area (Å²) in [6, 6.07) is 18.3. The number of unbranched alkanes of at least 4 members (excludes halogenated alkanes) is 5. The predicted octanol–water partition coefficient (Wildman–Crippen LogP) is 7.52. The number of imidazole rings is 2. The molecule has 0 bridgehead atoms. The Bertz CT molecular complexity index is 2120. The number of azide groups is 1. The van der Waals surface area contributed by atoms with Crippen LogP contribution in [0.15, 0.2) is 84.4 Å². The second-order valence-corrected chi connectivity index (χ2v) is 14.2. The molecule has 0 spiro atoms. The number of nitrogens with one attached hydrogen (secondary N) is 3. The molecule has 19 heteroatoms. The molecular formula is C41H55ClN14O4. The first-order valence-electron chi connectivity index (χ1n) is 19.2. The third kappa shape index (κ3) is 20.5. The van der Waals surface area contributed by atoms with Crippen molar-refractivity contribution in [1.82, 2.24) is 34.5 Å². The van der Waals surface area contributed by atoms with E-state index in [2.05, 4.69) is 51.8 Å². The maximum Gasteiger partial charge on any atom is 0.421 e. The van der Waals surface area contributed by atoms with Crippen LogP contribution in [0.2, 0.25) is 0 Å². The first kappa shape index (κ1) is 49.3. The molecule has 320 valence electrons. The number of hydrogen-bond donors (Lipinski definition) is 5. The van der Waals surface area contributed by atoms with Crippen LogP contribution in [-0.2, 0) is 40.1 Å². The maximum absolute atomic E-state index is 12.0. The molecule has 0 aliphatic carbocycles. The Kier molecular flexibility index (Phi) is 22.2. The summed E-state index contributed by atoms with van der Waals surface area (Å²) in [4.78, 5) is 48.6. The van der Waals surface area contributed by atoms with Crippen LogP contribution in [0.4, 0.5) is 28.1 Å². The van der Waals surface area contributed by atoms with Gasteiger partial charge < -0.3 is 31.8 Å². The highest BCUT2D eigenvalue weighted by Crippen LogP contribution is 2.15. The number of para-hydroxylation sites is 2. The van der Waals surface area contributed by atoms with Crippen LogP contribution in [-0.4, -0.2) is 64.6 Å². The average molecular weight is 843 g/mol. The Morgan fingerprint density at radius 1 is 0.883 bits per heavy atom. The molecule has 0 saturated carbocycles. The monoisotopic (exact) mass is 842 g/mol. The van der Waals surface area contributed by atoms with Gasteiger partial charge in [0, 0.05) is 40.8 Å². The number of H-pyrrole nitrogens is 1. The fraction of sp³-hybridized carbons (Fsp3) is 0.390. The second kappa shape index (κ2) is 27.0. The molecule has 0 aliphatic rings. The summed E-state index contributed by atoms with van der Waals surface area (Å²) >= 11 is 0. The van der Waals surface area contributed by atoms with Gasteiger partial charge in [0.2, 0.25) is 17.8 Å². The number of aryl methyl sites for hydroxylation is 3. The molecular weight excluding hydrogens is 788 g/mol. The van der Waals surface area contributed by atoms with E-state index < -0.39 is 11.7 Å². The highest BCUT2D eigenvalue weighted by atomic mass is 35.5. The minimum Gasteiger partial charge on any atom is -0.443 e. The van der Waals surface area contributed by atoms with Crippen molar-refractivity contribution in [2.24, 2.45) is 5.11 Å². The van der Waals surface area contributed by atoms with E-state index >= 15 is 0 Å². The largest absolute Gasteiger partial charge is 0.443 e. The number of nitrogen functional groups attached to an aromatic ring is 2. The van der Waals surface area contributed by atoms with E-state index in [9.17, 15) is 14.4 Å². The minimum absolute atomic E-state index is 0. The smallest absolute Gasteiger partial charge is 0.421 e. The summed E-state index contributed by atoms with van der Waals surface area (Å²) in [5.41, 5.74) is 22.9. The van der Waals surface area contributed by atoms with Crippen molar-refractivity contribution in [2.45, 2.75) is 97.1 Å². The summed E-state index contributed by atoms with van der Waals surface area (Å²) in [7, 11) is 0. The van der Waals surface area contributed by atoms with Gasteiger partial charge in [-0.3, -0.25) is 9.59 Å². The normalized spacial score (nSPS) is 10.2. The van der Waals surface area contributed by atoms with Gasteiger partial charge in [-0.2, -0.15) is 0 Å². The number of rotatable bonds is 17. The molecule has 0 saturated heterocycles. The minimum atomic E-state index is -0.552. The van der Waals surface area contributed by atoms with Gasteiger partial charge in [0.05, 0.1) is 17.6 Å². The van der Waals surface area contributed by atoms with Gasteiger partial charge in [0.15, 0.2) is 5.95 Å². The van der Waals surface area contributed by atoms with Gasteiger partial charge >= 0.3 is 6.09 Å². The summed E-state index contributed by atoms with van der Waals surface area (Å²) in [6.07, 6.45) is 19.5. The van der Waals surface area contributed by atoms with Gasteiger partial charge in [0.25, 0.3) is 0 Å². The van der Waals surface area contributed by atoms with Crippen LogP contribution < -0.4 is 22.1 Å². The van der Waals surface area contributed by atoms with Crippen LogP contribution in [0.25, 0.3) is 10.4 Å². The molecule has 3 aromatic heterocycles. The topological polar surface area (TPSA) is 263 Å². The summed E-state index contributed by atoms with van der Waals surface area (Å²) in [5.74, 6) is 2.81. The van der Waals surface area contributed by atoms with E-state index in [-0.39, 0.29) is 43.3 Å². The first-order chi connectivity index (χ1) is 28.3. The predicted molar refractivity (Wildman–Crippen MR) is 235 cm³/mol. The van der Waals surface area contributed by atoms with Crippen LogP contribution in [0, 0.1) is 12.3 Å².